The second kappa shape index (κ2) is 36.8. The molecule has 37 heteroatoms. The number of hydrogen-bond donors (Lipinski definition) is 7. The quantitative estimate of drug-likeness (QED) is 0.0364. The van der Waals surface area contributed by atoms with Crippen molar-refractivity contribution in [2.75, 3.05) is 27.3 Å². The predicted octanol–water partition coefficient (Wildman–Crippen LogP) is 7.94. The zero-order valence-corrected chi connectivity index (χ0v) is 72.2. The summed E-state index contributed by atoms with van der Waals surface area (Å²) in [6, 6.07) is 12.9. The maximum atomic E-state index is 14.6. The van der Waals surface area contributed by atoms with Gasteiger partial charge >= 0.3 is 18.2 Å². The lowest BCUT2D eigenvalue weighted by Crippen LogP contribution is -2.57. The lowest BCUT2D eigenvalue weighted by atomic mass is 9.85. The second-order valence-electron chi connectivity index (χ2n) is 35.4. The standard InChI is InChI=1S/C39H51N5O9S.C29H38N4O7.C16H19NO5S2.H3NO.H2O/c1-6-23-19-39(23,36(47)43-54(49,50)26-13-14-26)20-31(45)30-18-25-21-44(30)35(46)33(38(2,3)4)42-37(48)53-32-16-22(32)10-8-7-9-11-28-34(52-25)41-29-17-24(51-5)12-15-27(29)40-28;1-29(2,3)24-26(34)33-15-18(14-22(33)27(35)36)39-25-20(30-19-11-10-17(38-4)13-21(19)31-25)9-7-5-6-8-16-12-23(16)40-28(37)32-24;1-3-12-10-16(12,15(18)17-24(21,22)14-8-9-14)23(19,20)13-6-4-11(2)5-7-13;1-2;/h6,12,15,17,22-23,25-26,30,32-33H,1,7-11,13-14,16,18-21H2,2-5H3,(H,42,48)(H,43,47);10-11,13,16,18,22-24H,5-9,12,14-15H2,1-4H3,(H,32,37)(H,35,36);3-7,12,14H,1,8-10H2,2H3,(H,17,18);2H,1H2;1H2/t22-,23-,25-,30+,32-,33-,39-;16-,18-,22+,23-,24-;12-,16-;;/m111../s1. The van der Waals surface area contributed by atoms with Crippen LogP contribution in [0.15, 0.2) is 90.9 Å². The van der Waals surface area contributed by atoms with E-state index in [0.29, 0.717) is 95.6 Å². The minimum atomic E-state index is -4.03. The van der Waals surface area contributed by atoms with E-state index in [-0.39, 0.29) is 73.7 Å². The first-order valence-electron chi connectivity index (χ1n) is 41.1. The Morgan fingerprint density at radius 2 is 1.02 bits per heavy atom. The summed E-state index contributed by atoms with van der Waals surface area (Å²) in [5.41, 5.74) is 2.10. The highest BCUT2D eigenvalue weighted by atomic mass is 32.2. The molecule has 5 aromatic rings. The number of aryl methyl sites for hydroxylation is 3. The van der Waals surface area contributed by atoms with Gasteiger partial charge in [-0.15, -0.1) is 13.2 Å². The van der Waals surface area contributed by atoms with E-state index in [1.807, 2.05) is 77.5 Å². The molecule has 0 spiro atoms. The number of rotatable bonds is 16. The second-order valence-corrected chi connectivity index (χ2v) is 41.5. The molecule has 2 aromatic heterocycles. The molecule has 0 radical (unpaired) electrons. The van der Waals surface area contributed by atoms with Crippen LogP contribution in [0.4, 0.5) is 9.59 Å². The van der Waals surface area contributed by atoms with E-state index in [1.54, 1.807) is 44.6 Å². The molecular weight excluding hydrogens is 1630 g/mol. The maximum absolute atomic E-state index is 14.6. The van der Waals surface area contributed by atoms with Gasteiger partial charge < -0.3 is 64.6 Å². The number of aromatic nitrogens is 4. The van der Waals surface area contributed by atoms with Crippen molar-refractivity contribution in [3.05, 3.63) is 103 Å². The van der Waals surface area contributed by atoms with Gasteiger partial charge in [0.25, 0.3) is 5.91 Å². The van der Waals surface area contributed by atoms with Gasteiger partial charge in [0.05, 0.1) is 76.2 Å². The van der Waals surface area contributed by atoms with Crippen LogP contribution in [0, 0.1) is 46.8 Å². The van der Waals surface area contributed by atoms with Gasteiger partial charge in [-0.3, -0.25) is 33.4 Å². The number of benzene rings is 3. The Morgan fingerprint density at radius 1 is 0.579 bits per heavy atom. The zero-order chi connectivity index (χ0) is 86.9. The van der Waals surface area contributed by atoms with Crippen LogP contribution in [0.5, 0.6) is 23.3 Å². The minimum absolute atomic E-state index is 0. The number of sulfonamides is 2. The van der Waals surface area contributed by atoms with Crippen LogP contribution >= 0.6 is 0 Å². The van der Waals surface area contributed by atoms with E-state index in [9.17, 15) is 68.7 Å². The fourth-order valence-electron chi connectivity index (χ4n) is 16.4. The number of nitrogens with zero attached hydrogens (tertiary/aromatic N) is 6. The third kappa shape index (κ3) is 21.0. The predicted molar refractivity (Wildman–Crippen MR) is 442 cm³/mol. The number of nitrogens with one attached hydrogen (secondary N) is 4. The fraction of sp³-hybridized carbons (Fsp3) is 0.595. The Hall–Kier alpha value is -9.69. The number of aliphatic carboxylic acids is 1. The molecule has 4 aliphatic heterocycles. The lowest BCUT2D eigenvalue weighted by molar-refractivity contribution is -0.150. The van der Waals surface area contributed by atoms with Gasteiger partial charge in [0.1, 0.15) is 65.4 Å². The number of amides is 6. The third-order valence-corrected chi connectivity index (χ3v) is 30.4. The molecule has 4 bridgehead atoms. The van der Waals surface area contributed by atoms with Gasteiger partial charge in [0.2, 0.25) is 49.5 Å². The number of carboxylic acids is 1. The van der Waals surface area contributed by atoms with E-state index in [4.69, 9.17) is 53.6 Å². The number of nitrogens with two attached hydrogens (primary N) is 1. The largest absolute Gasteiger partial charge is 0.497 e. The normalized spacial score (nSPS) is 28.1. The number of Topliss-reactive ketones (excluding diaryl/α,β-unsaturated/α-hetero) is 1. The van der Waals surface area contributed by atoms with E-state index in [0.717, 1.165) is 75.3 Å². The SMILES string of the molecule is C=C[C@@H]1C[C@@]1(C(=O)NS(=O)(=O)C1CC1)S(=O)(=O)c1ccc(C)cc1.C=C[C@@H]1C[C@]1(CC(=O)[C@@H]1C[C@@H]2CN1C(=O)[C@H](C(C)(C)C)NC(=O)O[C@@H]1C[C@H]1CCCCCc1nc3ccc(OC)cc3nc1O2)C(=O)NS(=O)(=O)C1CC1.COc1ccc2nc3c(nc2c1)O[C@@H]1C[C@@H](C(=O)O)N(C1)C(=O)[C@H](C(C)(C)C)NC(=O)O[C@@H]1C[C@H]1CCCCC3.NO.O. The smallest absolute Gasteiger partial charge is 0.408 e. The van der Waals surface area contributed by atoms with E-state index in [2.05, 4.69) is 34.4 Å². The number of carboxylic acid groups (broad SMARTS) is 1. The molecule has 6 heterocycles. The molecule has 14 atom stereocenters. The number of fused-ring (bicyclic) bond motifs is 10. The molecular formula is C84H113N11O23S3. The summed E-state index contributed by atoms with van der Waals surface area (Å²) >= 11 is 0. The number of carbonyl (C=O) groups is 8. The molecule has 6 amide bonds. The van der Waals surface area contributed by atoms with Crippen molar-refractivity contribution in [2.24, 2.45) is 45.8 Å². The molecule has 8 fully saturated rings. The highest BCUT2D eigenvalue weighted by Crippen LogP contribution is 2.58. The highest BCUT2D eigenvalue weighted by molar-refractivity contribution is 7.94. The topological polar surface area (TPSA) is 498 Å². The number of ether oxygens (including phenoxy) is 6. The highest BCUT2D eigenvalue weighted by Gasteiger charge is 2.69. The molecule has 3 aromatic carbocycles. The average Bonchev–Trinajstić information content (AvgIpc) is 1.53. The summed E-state index contributed by atoms with van der Waals surface area (Å²) in [4.78, 5) is 129. The first-order valence-corrected chi connectivity index (χ1v) is 45.7. The Morgan fingerprint density at radius 3 is 1.42 bits per heavy atom. The van der Waals surface area contributed by atoms with Crippen LogP contribution in [0.1, 0.15) is 180 Å². The lowest BCUT2D eigenvalue weighted by Gasteiger charge is -2.35. The molecule has 6 saturated carbocycles. The number of sulfone groups is 1. The van der Waals surface area contributed by atoms with Crippen LogP contribution in [-0.4, -0.2) is 209 Å². The third-order valence-electron chi connectivity index (χ3n) is 24.3. The molecule has 6 aliphatic carbocycles. The Balaban J connectivity index is 0.000000187. The van der Waals surface area contributed by atoms with E-state index >= 15 is 0 Å². The van der Waals surface area contributed by atoms with E-state index in [1.165, 1.54) is 28.0 Å². The van der Waals surface area contributed by atoms with Gasteiger partial charge in [0, 0.05) is 37.3 Å². The fourth-order valence-corrected chi connectivity index (χ4v) is 21.3. The van der Waals surface area contributed by atoms with Crippen molar-refractivity contribution >= 4 is 99.5 Å². The summed E-state index contributed by atoms with van der Waals surface area (Å²) in [5, 5.41) is 20.9. The first kappa shape index (κ1) is 92.0. The molecule has 0 unspecified atom stereocenters. The molecule has 121 heavy (non-hydrogen) atoms. The van der Waals surface area contributed by atoms with Gasteiger partial charge in [-0.25, -0.2) is 65.5 Å². The van der Waals surface area contributed by atoms with Gasteiger partial charge in [-0.2, -0.15) is 0 Å². The van der Waals surface area contributed by atoms with Crippen LogP contribution in [0.2, 0.25) is 0 Å². The summed E-state index contributed by atoms with van der Waals surface area (Å²) in [7, 11) is -8.54. The zero-order valence-electron chi connectivity index (χ0n) is 69.7. The van der Waals surface area contributed by atoms with Crippen molar-refractivity contribution < 1.29 is 108 Å². The molecule has 660 valence electrons. The summed E-state index contributed by atoms with van der Waals surface area (Å²) in [6.07, 6.45) is 12.4. The number of methoxy groups -OCH3 is 2. The number of hydrogen-bond acceptors (Lipinski definition) is 26. The van der Waals surface area contributed by atoms with Gasteiger partial charge in [-0.05, 0) is 162 Å². The Bertz CT molecular complexity index is 5130. The average molecular weight is 1740 g/mol. The van der Waals surface area contributed by atoms with Crippen LogP contribution in [0.3, 0.4) is 0 Å². The molecule has 2 saturated heterocycles. The van der Waals surface area contributed by atoms with Crippen LogP contribution in [-0.2, 0) is 81.0 Å². The number of alkyl carbamates (subject to hydrolysis) is 2. The Labute approximate surface area is 704 Å². The van der Waals surface area contributed by atoms with Crippen molar-refractivity contribution in [1.29, 1.82) is 0 Å². The number of allylic oxidation sites excluding steroid dienone is 2. The van der Waals surface area contributed by atoms with E-state index < -0.39 is 157 Å². The minimum Gasteiger partial charge on any atom is -0.497 e. The molecule has 34 nitrogen and oxygen atoms in total. The van der Waals surface area contributed by atoms with Crippen molar-refractivity contribution in [3.63, 3.8) is 0 Å². The molecule has 10 N–H and O–H groups in total. The molecule has 10 aliphatic rings. The number of carbonyl (C=O) groups excluding carboxylic acids is 7. The maximum Gasteiger partial charge on any atom is 0.408 e. The molecule has 15 rings (SSSR count). The number of ketones is 1. The first-order chi connectivity index (χ1) is 56.8. The monoisotopic (exact) mass is 1740 g/mol. The Kier molecular flexibility index (Phi) is 28.0. The van der Waals surface area contributed by atoms with Crippen LogP contribution < -0.4 is 44.9 Å². The van der Waals surface area contributed by atoms with Crippen LogP contribution in [0.25, 0.3) is 22.1 Å². The van der Waals surface area contributed by atoms with Gasteiger partial charge in [0.15, 0.2) is 20.4 Å². The van der Waals surface area contributed by atoms with Gasteiger partial charge in [-0.1, -0.05) is 97.1 Å². The summed E-state index contributed by atoms with van der Waals surface area (Å²) < 4.78 is 113. The van der Waals surface area contributed by atoms with Crippen molar-refractivity contribution in [2.45, 2.75) is 252 Å². The summed E-state index contributed by atoms with van der Waals surface area (Å²) in [5.74, 6) is 0.784. The summed E-state index contributed by atoms with van der Waals surface area (Å²) in [6.45, 7) is 20.2. The van der Waals surface area contributed by atoms with Crippen molar-refractivity contribution in [1.82, 2.24) is 49.8 Å². The van der Waals surface area contributed by atoms with Crippen molar-refractivity contribution in [3.8, 4) is 23.3 Å².